The summed E-state index contributed by atoms with van der Waals surface area (Å²) in [5.74, 6) is 1.12. The first-order valence-electron chi connectivity index (χ1n) is 27.6. The van der Waals surface area contributed by atoms with Crippen molar-refractivity contribution in [1.29, 1.82) is 0 Å². The number of unbranched alkanes of at least 4 members (excludes halogenated alkanes) is 4. The molecule has 1 aliphatic rings. The fraction of sp³-hybridized carbons (Fsp3) is 0.323. The minimum absolute atomic E-state index is 0.162. The number of fused-ring (bicyclic) bond motifs is 8. The van der Waals surface area contributed by atoms with Gasteiger partial charge in [0.15, 0.2) is 0 Å². The number of hydrogen-bond acceptors (Lipinski definition) is 14. The Hall–Kier alpha value is -9.30. The number of nitrogens with two attached hydrogens (primary N) is 1. The molecule has 0 radical (unpaired) electrons. The minimum atomic E-state index is -0.713. The Kier molecular flexibility index (Phi) is 21.0. The van der Waals surface area contributed by atoms with Gasteiger partial charge in [-0.1, -0.05) is 91.0 Å². The predicted molar refractivity (Wildman–Crippen MR) is 306 cm³/mol. The number of ether oxygens (including phenoxy) is 4. The van der Waals surface area contributed by atoms with Gasteiger partial charge in [-0.05, 0) is 121 Å². The number of aromatic nitrogens is 3. The number of benzene rings is 4. The Morgan fingerprint density at radius 3 is 0.841 bits per heavy atom. The molecular formula is C62H69N7O13. The number of nitrogens with one attached hydrogen (secondary N) is 3. The van der Waals surface area contributed by atoms with Gasteiger partial charge in [-0.2, -0.15) is 0 Å². The summed E-state index contributed by atoms with van der Waals surface area (Å²) in [6.45, 7) is 2.72. The summed E-state index contributed by atoms with van der Waals surface area (Å²) in [6, 6.07) is 36.3. The topological polar surface area (TPSA) is 277 Å². The maximum atomic E-state index is 12.9. The Labute approximate surface area is 473 Å². The van der Waals surface area contributed by atoms with E-state index in [-0.39, 0.29) is 36.7 Å². The molecule has 0 unspecified atom stereocenters. The molecule has 0 atom stereocenters. The molecule has 3 heterocycles. The highest BCUT2D eigenvalue weighted by atomic mass is 16.5. The SMILES string of the molecule is NCCCCOc1c2cccc1Cc1cccc(c1OCCCCNC(=O)c1cccc(=O)n1O)Cc1cccc(c1OCCCCNC(=O)c1cccc(=O)n1O)Cc1cccc(c1OCCCCNC(=O)c1cccc(=O)n1O)C2. The molecule has 0 saturated carbocycles. The van der Waals surface area contributed by atoms with Gasteiger partial charge >= 0.3 is 0 Å². The molecule has 20 heteroatoms. The molecular weight excluding hydrogens is 1050 g/mol. The third-order valence-electron chi connectivity index (χ3n) is 13.9. The second kappa shape index (κ2) is 29.2. The maximum Gasteiger partial charge on any atom is 0.283 e. The smallest absolute Gasteiger partial charge is 0.283 e. The summed E-state index contributed by atoms with van der Waals surface area (Å²) in [5, 5.41) is 38.6. The molecule has 0 saturated heterocycles. The lowest BCUT2D eigenvalue weighted by Crippen LogP contribution is -2.31. The van der Waals surface area contributed by atoms with Crippen LogP contribution in [0.1, 0.15) is 127 Å². The number of carbonyl (C=O) groups excluding carboxylic acids is 3. The van der Waals surface area contributed by atoms with E-state index in [0.717, 1.165) is 81.3 Å². The maximum absolute atomic E-state index is 12.9. The van der Waals surface area contributed by atoms with Gasteiger partial charge in [0.1, 0.15) is 40.1 Å². The van der Waals surface area contributed by atoms with Crippen molar-refractivity contribution in [2.45, 2.75) is 77.0 Å². The number of rotatable bonds is 26. The first-order chi connectivity index (χ1) is 39.9. The average molecular weight is 1120 g/mol. The molecule has 8 N–H and O–H groups in total. The summed E-state index contributed by atoms with van der Waals surface area (Å²) in [6.07, 6.45) is 6.61. The van der Waals surface area contributed by atoms with Crippen LogP contribution in [-0.4, -0.2) is 100 Å². The number of hydrogen-bond donors (Lipinski definition) is 7. The molecule has 0 spiro atoms. The van der Waals surface area contributed by atoms with Crippen LogP contribution < -0.4 is 57.3 Å². The van der Waals surface area contributed by atoms with Crippen molar-refractivity contribution in [1.82, 2.24) is 30.1 Å². The van der Waals surface area contributed by atoms with Crippen LogP contribution in [0.25, 0.3) is 0 Å². The predicted octanol–water partition coefficient (Wildman–Crippen LogP) is 6.44. The minimum Gasteiger partial charge on any atom is -0.493 e. The number of amides is 3. The summed E-state index contributed by atoms with van der Waals surface area (Å²) in [4.78, 5) is 74.3. The van der Waals surface area contributed by atoms with E-state index in [2.05, 4.69) is 40.2 Å². The molecule has 3 amide bonds. The van der Waals surface area contributed by atoms with Crippen LogP contribution >= 0.6 is 0 Å². The van der Waals surface area contributed by atoms with Crippen molar-refractivity contribution in [3.8, 4) is 23.0 Å². The van der Waals surface area contributed by atoms with Crippen LogP contribution in [0.3, 0.4) is 0 Å². The van der Waals surface area contributed by atoms with Gasteiger partial charge in [0.2, 0.25) is 0 Å². The fourth-order valence-electron chi connectivity index (χ4n) is 9.69. The van der Waals surface area contributed by atoms with Crippen molar-refractivity contribution >= 4 is 17.7 Å². The lowest BCUT2D eigenvalue weighted by Gasteiger charge is -2.23. The zero-order valence-corrected chi connectivity index (χ0v) is 45.6. The van der Waals surface area contributed by atoms with Crippen LogP contribution in [0, 0.1) is 0 Å². The summed E-state index contributed by atoms with van der Waals surface area (Å²) >= 11 is 0. The van der Waals surface area contributed by atoms with Crippen LogP contribution in [0.4, 0.5) is 0 Å². The van der Waals surface area contributed by atoms with Gasteiger partial charge in [-0.3, -0.25) is 28.8 Å². The van der Waals surface area contributed by atoms with E-state index < -0.39 is 34.4 Å². The van der Waals surface area contributed by atoms with Crippen molar-refractivity contribution in [2.75, 3.05) is 52.6 Å². The molecule has 7 aromatic rings. The van der Waals surface area contributed by atoms with Crippen LogP contribution in [-0.2, 0) is 25.7 Å². The molecule has 20 nitrogen and oxygen atoms in total. The second-order valence-corrected chi connectivity index (χ2v) is 19.8. The zero-order valence-electron chi connectivity index (χ0n) is 45.6. The number of nitrogens with zero attached hydrogens (tertiary/aromatic N) is 3. The van der Waals surface area contributed by atoms with E-state index in [1.807, 2.05) is 48.5 Å². The Bertz CT molecular complexity index is 3360. The number of carbonyl (C=O) groups is 3. The fourth-order valence-corrected chi connectivity index (χ4v) is 9.69. The van der Waals surface area contributed by atoms with Crippen molar-refractivity contribution < 1.29 is 49.0 Å². The number of pyridine rings is 3. The van der Waals surface area contributed by atoms with Gasteiger partial charge in [-0.25, -0.2) is 0 Å². The Morgan fingerprint density at radius 1 is 0.366 bits per heavy atom. The molecule has 0 fully saturated rings. The largest absolute Gasteiger partial charge is 0.493 e. The molecule has 8 bridgehead atoms. The normalized spacial score (nSPS) is 11.8. The lowest BCUT2D eigenvalue weighted by atomic mass is 9.91. The van der Waals surface area contributed by atoms with Crippen LogP contribution in [0.15, 0.2) is 142 Å². The van der Waals surface area contributed by atoms with Gasteiger partial charge in [-0.15, -0.1) is 14.2 Å². The highest BCUT2D eigenvalue weighted by molar-refractivity contribution is 5.93. The van der Waals surface area contributed by atoms with E-state index in [9.17, 15) is 44.4 Å². The van der Waals surface area contributed by atoms with Crippen molar-refractivity contribution in [2.24, 2.45) is 5.73 Å². The van der Waals surface area contributed by atoms with Crippen LogP contribution in [0.5, 0.6) is 23.0 Å². The van der Waals surface area contributed by atoms with Crippen molar-refractivity contribution in [3.05, 3.63) is 220 Å². The second-order valence-electron chi connectivity index (χ2n) is 19.8. The molecule has 0 aliphatic heterocycles. The van der Waals surface area contributed by atoms with E-state index in [4.69, 9.17) is 24.7 Å². The van der Waals surface area contributed by atoms with Gasteiger partial charge in [0.05, 0.1) is 26.4 Å². The van der Waals surface area contributed by atoms with E-state index >= 15 is 0 Å². The molecule has 1 aliphatic carbocycles. The molecule has 3 aromatic heterocycles. The standard InChI is InChI=1S/C62H69N7O13/c63-30-1-5-34-79-56-42-16-9-17-43(56)39-45-19-11-21-47(58(45)81-36-7-3-32-65-61(74)51-25-14-28-54(71)68(51)77)41-49-23-12-22-48(59(49)82-37-8-4-33-66-62(75)52-26-15-29-55(72)69(52)78)40-46-20-10-18-44(38-42)57(46)80-35-6-2-31-64-60(73)50-24-13-27-53(70)67(50)76/h9-29,76-78H,1-8,30-41,63H2,(H,64,73)(H,65,74)(H,66,75). The van der Waals surface area contributed by atoms with Crippen molar-refractivity contribution in [3.63, 3.8) is 0 Å². The molecule has 82 heavy (non-hydrogen) atoms. The quantitative estimate of drug-likeness (QED) is 0.0227. The first kappa shape index (κ1) is 58.8. The highest BCUT2D eigenvalue weighted by Gasteiger charge is 2.23. The summed E-state index contributed by atoms with van der Waals surface area (Å²) in [5.41, 5.74) is 10.7. The monoisotopic (exact) mass is 1120 g/mol. The third kappa shape index (κ3) is 15.3. The average Bonchev–Trinajstić information content (AvgIpc) is 3.67. The van der Waals surface area contributed by atoms with Gasteiger partial charge in [0, 0.05) is 63.5 Å². The molecule has 4 aromatic carbocycles. The number of para-hydroxylation sites is 4. The Morgan fingerprint density at radius 2 is 0.598 bits per heavy atom. The molecule has 8 rings (SSSR count). The van der Waals surface area contributed by atoms with Gasteiger partial charge < -0.3 is 56.3 Å². The van der Waals surface area contributed by atoms with E-state index in [1.165, 1.54) is 36.4 Å². The highest BCUT2D eigenvalue weighted by Crippen LogP contribution is 2.39. The Balaban J connectivity index is 1.08. The molecule has 430 valence electrons. The van der Waals surface area contributed by atoms with Crippen LogP contribution in [0.2, 0.25) is 0 Å². The summed E-state index contributed by atoms with van der Waals surface area (Å²) < 4.78 is 28.1. The third-order valence-corrected chi connectivity index (χ3v) is 13.9. The zero-order chi connectivity index (χ0) is 57.8. The van der Waals surface area contributed by atoms with E-state index in [1.54, 1.807) is 0 Å². The summed E-state index contributed by atoms with van der Waals surface area (Å²) in [7, 11) is 0. The first-order valence-corrected chi connectivity index (χ1v) is 27.6. The van der Waals surface area contributed by atoms with E-state index in [0.29, 0.717) is 129 Å². The lowest BCUT2D eigenvalue weighted by molar-refractivity contribution is 0.0881. The van der Waals surface area contributed by atoms with Gasteiger partial charge in [0.25, 0.3) is 34.4 Å².